The topological polar surface area (TPSA) is 42.1 Å². The number of anilines is 1. The third-order valence-corrected chi connectivity index (χ3v) is 2.67. The Labute approximate surface area is 109 Å². The first kappa shape index (κ1) is 15.0. The van der Waals surface area contributed by atoms with Crippen molar-refractivity contribution in [1.29, 1.82) is 0 Å². The maximum absolute atomic E-state index is 12.5. The molecule has 18 heavy (non-hydrogen) atoms. The quantitative estimate of drug-likeness (QED) is 0.902. The van der Waals surface area contributed by atoms with E-state index in [1.807, 2.05) is 6.92 Å². The average Bonchev–Trinajstić information content (AvgIpc) is 2.27. The lowest BCUT2D eigenvalue weighted by Gasteiger charge is -2.24. The normalized spacial score (nSPS) is 11.7. The Morgan fingerprint density at radius 1 is 1.44 bits per heavy atom. The van der Waals surface area contributed by atoms with E-state index in [1.54, 1.807) is 0 Å². The van der Waals surface area contributed by atoms with Gasteiger partial charge in [-0.15, -0.1) is 0 Å². The van der Waals surface area contributed by atoms with Crippen molar-refractivity contribution in [1.82, 2.24) is 4.98 Å². The van der Waals surface area contributed by atoms with Crippen LogP contribution in [0, 0.1) is 0 Å². The first-order valence-corrected chi connectivity index (χ1v) is 5.91. The fraction of sp³-hybridized carbons (Fsp3) is 0.545. The van der Waals surface area contributed by atoms with Gasteiger partial charge in [-0.05, 0) is 18.1 Å². The van der Waals surface area contributed by atoms with Gasteiger partial charge in [-0.25, -0.2) is 4.98 Å². The molecule has 0 saturated heterocycles. The molecule has 3 nitrogen and oxygen atoms in total. The molecule has 0 fully saturated rings. The van der Waals surface area contributed by atoms with E-state index in [9.17, 15) is 13.2 Å². The lowest BCUT2D eigenvalue weighted by molar-refractivity contribution is -0.119. The molecular weight excluding hydrogens is 267 g/mol. The highest BCUT2D eigenvalue weighted by atomic mass is 35.5. The Balaban J connectivity index is 2.98. The van der Waals surface area contributed by atoms with Crippen LogP contribution in [0.1, 0.15) is 18.9 Å². The number of alkyl halides is 3. The van der Waals surface area contributed by atoms with Gasteiger partial charge in [-0.3, -0.25) is 0 Å². The highest BCUT2D eigenvalue weighted by Gasteiger charge is 2.31. The molecule has 0 aliphatic heterocycles. The van der Waals surface area contributed by atoms with E-state index in [2.05, 4.69) is 4.98 Å². The second kappa shape index (κ2) is 6.24. The van der Waals surface area contributed by atoms with E-state index in [0.29, 0.717) is 17.0 Å². The molecule has 0 radical (unpaired) electrons. The molecule has 0 amide bonds. The fourth-order valence-electron chi connectivity index (χ4n) is 1.56. The molecule has 1 aromatic heterocycles. The molecule has 0 atom stereocenters. The van der Waals surface area contributed by atoms with Gasteiger partial charge >= 0.3 is 6.18 Å². The lowest BCUT2D eigenvalue weighted by Crippen LogP contribution is -2.35. The summed E-state index contributed by atoms with van der Waals surface area (Å²) in [4.78, 5) is 5.10. The van der Waals surface area contributed by atoms with Gasteiger partial charge in [0, 0.05) is 19.3 Å². The SMILES string of the molecule is CCCN(CC(F)(F)F)c1cc(CN)c(Cl)cn1. The van der Waals surface area contributed by atoms with Gasteiger partial charge in [0.2, 0.25) is 0 Å². The van der Waals surface area contributed by atoms with Gasteiger partial charge in [0.25, 0.3) is 0 Å². The minimum atomic E-state index is -4.26. The van der Waals surface area contributed by atoms with Gasteiger partial charge in [-0.2, -0.15) is 13.2 Å². The van der Waals surface area contributed by atoms with Crippen molar-refractivity contribution in [2.45, 2.75) is 26.1 Å². The summed E-state index contributed by atoms with van der Waals surface area (Å²) < 4.78 is 37.4. The number of hydrogen-bond acceptors (Lipinski definition) is 3. The molecule has 7 heteroatoms. The summed E-state index contributed by atoms with van der Waals surface area (Å²) in [5.41, 5.74) is 6.06. The van der Waals surface area contributed by atoms with Gasteiger partial charge in [0.05, 0.1) is 5.02 Å². The Bertz CT molecular complexity index is 396. The minimum absolute atomic E-state index is 0.167. The van der Waals surface area contributed by atoms with Crippen LogP contribution in [0.3, 0.4) is 0 Å². The third kappa shape index (κ3) is 4.34. The Morgan fingerprint density at radius 3 is 2.61 bits per heavy atom. The van der Waals surface area contributed by atoms with Crippen LogP contribution >= 0.6 is 11.6 Å². The van der Waals surface area contributed by atoms with Gasteiger partial charge in [0.1, 0.15) is 12.4 Å². The molecule has 0 aromatic carbocycles. The van der Waals surface area contributed by atoms with Gasteiger partial charge in [-0.1, -0.05) is 18.5 Å². The van der Waals surface area contributed by atoms with E-state index < -0.39 is 12.7 Å². The van der Waals surface area contributed by atoms with Crippen LogP contribution in [0.5, 0.6) is 0 Å². The van der Waals surface area contributed by atoms with Crippen LogP contribution in [0.4, 0.5) is 19.0 Å². The molecule has 1 aromatic rings. The number of hydrogen-bond donors (Lipinski definition) is 1. The van der Waals surface area contributed by atoms with Crippen molar-refractivity contribution in [2.75, 3.05) is 18.0 Å². The molecule has 2 N–H and O–H groups in total. The Hall–Kier alpha value is -1.01. The Kier molecular flexibility index (Phi) is 5.22. The van der Waals surface area contributed by atoms with Crippen molar-refractivity contribution in [2.24, 2.45) is 5.73 Å². The smallest absolute Gasteiger partial charge is 0.348 e. The van der Waals surface area contributed by atoms with E-state index in [4.69, 9.17) is 17.3 Å². The van der Waals surface area contributed by atoms with Crippen LogP contribution in [0.2, 0.25) is 5.02 Å². The zero-order chi connectivity index (χ0) is 13.8. The number of nitrogens with zero attached hydrogens (tertiary/aromatic N) is 2. The second-order valence-electron chi connectivity index (χ2n) is 3.87. The van der Waals surface area contributed by atoms with Crippen LogP contribution < -0.4 is 10.6 Å². The standard InChI is InChI=1S/C11H15ClF3N3/c1-2-3-18(7-11(13,14)15)10-4-8(5-16)9(12)6-17-10/h4,6H,2-3,5,7,16H2,1H3. The van der Waals surface area contributed by atoms with E-state index in [-0.39, 0.29) is 18.9 Å². The summed E-state index contributed by atoms with van der Waals surface area (Å²) >= 11 is 5.83. The molecule has 0 aliphatic carbocycles. The van der Waals surface area contributed by atoms with Crippen LogP contribution in [-0.4, -0.2) is 24.2 Å². The van der Waals surface area contributed by atoms with Crippen molar-refractivity contribution >= 4 is 17.4 Å². The zero-order valence-electron chi connectivity index (χ0n) is 9.97. The molecular formula is C11H15ClF3N3. The molecule has 1 heterocycles. The highest BCUT2D eigenvalue weighted by molar-refractivity contribution is 6.31. The number of aromatic nitrogens is 1. The van der Waals surface area contributed by atoms with Crippen molar-refractivity contribution in [3.8, 4) is 0 Å². The largest absolute Gasteiger partial charge is 0.405 e. The number of pyridine rings is 1. The molecule has 0 bridgehead atoms. The van der Waals surface area contributed by atoms with Crippen LogP contribution in [-0.2, 0) is 6.54 Å². The molecule has 0 spiro atoms. The Morgan fingerprint density at radius 2 is 2.11 bits per heavy atom. The van der Waals surface area contributed by atoms with Crippen molar-refractivity contribution in [3.05, 3.63) is 22.8 Å². The average molecular weight is 282 g/mol. The maximum atomic E-state index is 12.5. The van der Waals surface area contributed by atoms with Gasteiger partial charge < -0.3 is 10.6 Å². The molecule has 0 saturated carbocycles. The van der Waals surface area contributed by atoms with E-state index >= 15 is 0 Å². The van der Waals surface area contributed by atoms with Crippen molar-refractivity contribution in [3.63, 3.8) is 0 Å². The number of halogens is 4. The molecule has 0 unspecified atom stereocenters. The van der Waals surface area contributed by atoms with E-state index in [0.717, 1.165) is 0 Å². The summed E-state index contributed by atoms with van der Waals surface area (Å²) in [6.45, 7) is 1.22. The summed E-state index contributed by atoms with van der Waals surface area (Å²) in [7, 11) is 0. The third-order valence-electron chi connectivity index (χ3n) is 2.33. The zero-order valence-corrected chi connectivity index (χ0v) is 10.7. The molecule has 1 rings (SSSR count). The fourth-order valence-corrected chi connectivity index (χ4v) is 1.74. The molecule has 102 valence electrons. The van der Waals surface area contributed by atoms with Gasteiger partial charge in [0.15, 0.2) is 0 Å². The summed E-state index contributed by atoms with van der Waals surface area (Å²) in [5.74, 6) is 0.249. The predicted molar refractivity (Wildman–Crippen MR) is 65.7 cm³/mol. The van der Waals surface area contributed by atoms with E-state index in [1.165, 1.54) is 17.2 Å². The predicted octanol–water partition coefficient (Wildman–Crippen LogP) is 2.97. The minimum Gasteiger partial charge on any atom is -0.348 e. The number of rotatable bonds is 5. The van der Waals surface area contributed by atoms with Crippen LogP contribution in [0.25, 0.3) is 0 Å². The number of nitrogens with two attached hydrogens (primary N) is 1. The first-order chi connectivity index (χ1) is 8.37. The highest BCUT2D eigenvalue weighted by Crippen LogP contribution is 2.24. The monoisotopic (exact) mass is 281 g/mol. The van der Waals surface area contributed by atoms with Crippen LogP contribution in [0.15, 0.2) is 12.3 Å². The lowest BCUT2D eigenvalue weighted by atomic mass is 10.2. The first-order valence-electron chi connectivity index (χ1n) is 5.53. The maximum Gasteiger partial charge on any atom is 0.405 e. The summed E-state index contributed by atoms with van der Waals surface area (Å²) in [6.07, 6.45) is -2.34. The second-order valence-corrected chi connectivity index (χ2v) is 4.28. The van der Waals surface area contributed by atoms with Crippen molar-refractivity contribution < 1.29 is 13.2 Å². The molecule has 0 aliphatic rings. The summed E-state index contributed by atoms with van der Waals surface area (Å²) in [6, 6.07) is 1.50. The summed E-state index contributed by atoms with van der Waals surface area (Å²) in [5, 5.41) is 0.365.